The van der Waals surface area contributed by atoms with Crippen LogP contribution in [0.5, 0.6) is 11.5 Å². The molecule has 1 saturated heterocycles. The van der Waals surface area contributed by atoms with Crippen LogP contribution < -0.4 is 9.47 Å². The number of ether oxygens (including phenoxy) is 3. The third kappa shape index (κ3) is 4.63. The third-order valence-electron chi connectivity index (χ3n) is 3.68. The summed E-state index contributed by atoms with van der Waals surface area (Å²) in [6, 6.07) is 7.56. The van der Waals surface area contributed by atoms with Gasteiger partial charge in [-0.05, 0) is 37.1 Å². The van der Waals surface area contributed by atoms with Crippen LogP contribution in [-0.2, 0) is 9.53 Å². The van der Waals surface area contributed by atoms with Gasteiger partial charge in [-0.3, -0.25) is 4.79 Å². The highest BCUT2D eigenvalue weighted by Crippen LogP contribution is 2.21. The fraction of sp³-hybridized carbons (Fsp3) is 0.562. The first-order chi connectivity index (χ1) is 10.2. The van der Waals surface area contributed by atoms with Crippen molar-refractivity contribution in [2.75, 3.05) is 40.5 Å². The summed E-state index contributed by atoms with van der Waals surface area (Å²) < 4.78 is 15.8. The molecule has 5 heteroatoms. The average molecular weight is 293 g/mol. The van der Waals surface area contributed by atoms with Crippen LogP contribution in [0.2, 0.25) is 0 Å². The van der Waals surface area contributed by atoms with E-state index in [1.165, 1.54) is 0 Å². The van der Waals surface area contributed by atoms with Crippen molar-refractivity contribution >= 4 is 5.91 Å². The molecular formula is C16H23NO4. The Morgan fingerprint density at radius 1 is 1.24 bits per heavy atom. The van der Waals surface area contributed by atoms with Crippen LogP contribution in [0.4, 0.5) is 0 Å². The Morgan fingerprint density at radius 2 is 1.95 bits per heavy atom. The van der Waals surface area contributed by atoms with Gasteiger partial charge in [0.25, 0.3) is 0 Å². The van der Waals surface area contributed by atoms with E-state index < -0.39 is 0 Å². The van der Waals surface area contributed by atoms with E-state index >= 15 is 0 Å². The maximum atomic E-state index is 11.8. The molecule has 0 spiro atoms. The zero-order valence-electron chi connectivity index (χ0n) is 12.7. The van der Waals surface area contributed by atoms with E-state index in [4.69, 9.17) is 14.2 Å². The SMILES string of the molecule is COCC(=O)N1CCC[C@@H](COc2ccc(OC)cc2)C1. The molecule has 1 aromatic carbocycles. The van der Waals surface area contributed by atoms with Gasteiger partial charge in [0.05, 0.1) is 13.7 Å². The van der Waals surface area contributed by atoms with Crippen molar-refractivity contribution in [2.45, 2.75) is 12.8 Å². The molecule has 0 bridgehead atoms. The molecule has 116 valence electrons. The van der Waals surface area contributed by atoms with Gasteiger partial charge in [0.1, 0.15) is 18.1 Å². The molecule has 1 amide bonds. The Morgan fingerprint density at radius 3 is 2.62 bits per heavy atom. The van der Waals surface area contributed by atoms with Gasteiger partial charge < -0.3 is 19.1 Å². The molecule has 21 heavy (non-hydrogen) atoms. The number of likely N-dealkylation sites (tertiary alicyclic amines) is 1. The molecule has 1 aliphatic heterocycles. The molecule has 1 heterocycles. The van der Waals surface area contributed by atoms with E-state index in [1.54, 1.807) is 14.2 Å². The molecule has 1 atom stereocenters. The van der Waals surface area contributed by atoms with Gasteiger partial charge in [-0.2, -0.15) is 0 Å². The van der Waals surface area contributed by atoms with Crippen molar-refractivity contribution in [1.29, 1.82) is 0 Å². The highest BCUT2D eigenvalue weighted by molar-refractivity contribution is 5.77. The lowest BCUT2D eigenvalue weighted by Gasteiger charge is -2.32. The molecule has 0 N–H and O–H groups in total. The molecule has 1 fully saturated rings. The number of amides is 1. The van der Waals surface area contributed by atoms with Crippen molar-refractivity contribution < 1.29 is 19.0 Å². The second kappa shape index (κ2) is 7.88. The Bertz CT molecular complexity index is 446. The molecule has 1 aromatic rings. The van der Waals surface area contributed by atoms with Gasteiger partial charge in [0.2, 0.25) is 5.91 Å². The Labute approximate surface area is 125 Å². The summed E-state index contributed by atoms with van der Waals surface area (Å²) in [5, 5.41) is 0. The first kappa shape index (κ1) is 15.6. The van der Waals surface area contributed by atoms with E-state index in [0.717, 1.165) is 37.4 Å². The molecule has 2 rings (SSSR count). The fourth-order valence-corrected chi connectivity index (χ4v) is 2.53. The lowest BCUT2D eigenvalue weighted by molar-refractivity contribution is -0.137. The predicted octanol–water partition coefficient (Wildman–Crippen LogP) is 1.96. The summed E-state index contributed by atoms with van der Waals surface area (Å²) in [6.45, 7) is 2.36. The summed E-state index contributed by atoms with van der Waals surface area (Å²) in [5.41, 5.74) is 0. The number of hydrogen-bond acceptors (Lipinski definition) is 4. The van der Waals surface area contributed by atoms with Crippen molar-refractivity contribution in [3.8, 4) is 11.5 Å². The van der Waals surface area contributed by atoms with Crippen molar-refractivity contribution in [1.82, 2.24) is 4.90 Å². The zero-order valence-corrected chi connectivity index (χ0v) is 12.7. The highest BCUT2D eigenvalue weighted by atomic mass is 16.5. The normalized spacial score (nSPS) is 18.4. The number of rotatable bonds is 6. The van der Waals surface area contributed by atoms with E-state index in [9.17, 15) is 4.79 Å². The summed E-state index contributed by atoms with van der Waals surface area (Å²) in [5.74, 6) is 2.08. The Balaban J connectivity index is 1.80. The Kier molecular flexibility index (Phi) is 5.87. The maximum Gasteiger partial charge on any atom is 0.248 e. The number of benzene rings is 1. The van der Waals surface area contributed by atoms with Gasteiger partial charge in [0, 0.05) is 26.1 Å². The van der Waals surface area contributed by atoms with Crippen molar-refractivity contribution in [3.63, 3.8) is 0 Å². The number of nitrogens with zero attached hydrogens (tertiary/aromatic N) is 1. The number of piperidine rings is 1. The molecule has 0 radical (unpaired) electrons. The van der Waals surface area contributed by atoms with Crippen LogP contribution in [0.3, 0.4) is 0 Å². The maximum absolute atomic E-state index is 11.8. The number of hydrogen-bond donors (Lipinski definition) is 0. The quantitative estimate of drug-likeness (QED) is 0.804. The predicted molar refractivity (Wildman–Crippen MR) is 79.7 cm³/mol. The summed E-state index contributed by atoms with van der Waals surface area (Å²) in [4.78, 5) is 13.7. The van der Waals surface area contributed by atoms with Gasteiger partial charge in [-0.1, -0.05) is 0 Å². The highest BCUT2D eigenvalue weighted by Gasteiger charge is 2.23. The molecule has 0 aliphatic carbocycles. The van der Waals surface area contributed by atoms with E-state index in [1.807, 2.05) is 29.2 Å². The van der Waals surface area contributed by atoms with Crippen LogP contribution in [0.25, 0.3) is 0 Å². The average Bonchev–Trinajstić information content (AvgIpc) is 2.54. The molecule has 1 aliphatic rings. The zero-order chi connectivity index (χ0) is 15.1. The molecule has 0 unspecified atom stereocenters. The van der Waals surface area contributed by atoms with E-state index in [0.29, 0.717) is 12.5 Å². The van der Waals surface area contributed by atoms with Gasteiger partial charge in [-0.15, -0.1) is 0 Å². The fourth-order valence-electron chi connectivity index (χ4n) is 2.53. The van der Waals surface area contributed by atoms with Crippen LogP contribution >= 0.6 is 0 Å². The first-order valence-electron chi connectivity index (χ1n) is 7.26. The minimum Gasteiger partial charge on any atom is -0.497 e. The minimum atomic E-state index is 0.0617. The minimum absolute atomic E-state index is 0.0617. The van der Waals surface area contributed by atoms with Crippen molar-refractivity contribution in [3.05, 3.63) is 24.3 Å². The van der Waals surface area contributed by atoms with Crippen LogP contribution in [-0.4, -0.2) is 51.3 Å². The third-order valence-corrected chi connectivity index (χ3v) is 3.68. The topological polar surface area (TPSA) is 48.0 Å². The summed E-state index contributed by atoms with van der Waals surface area (Å²) >= 11 is 0. The van der Waals surface area contributed by atoms with Crippen LogP contribution in [0, 0.1) is 5.92 Å². The second-order valence-corrected chi connectivity index (χ2v) is 5.27. The van der Waals surface area contributed by atoms with E-state index in [2.05, 4.69) is 0 Å². The van der Waals surface area contributed by atoms with E-state index in [-0.39, 0.29) is 12.5 Å². The van der Waals surface area contributed by atoms with Crippen molar-refractivity contribution in [2.24, 2.45) is 5.92 Å². The number of methoxy groups -OCH3 is 2. The molecule has 0 saturated carbocycles. The van der Waals surface area contributed by atoms with Crippen LogP contribution in [0.1, 0.15) is 12.8 Å². The van der Waals surface area contributed by atoms with Gasteiger partial charge >= 0.3 is 0 Å². The summed E-state index contributed by atoms with van der Waals surface area (Å²) in [6.07, 6.45) is 2.11. The Hall–Kier alpha value is -1.75. The van der Waals surface area contributed by atoms with Gasteiger partial charge in [-0.25, -0.2) is 0 Å². The molecule has 5 nitrogen and oxygen atoms in total. The number of carbonyl (C=O) groups is 1. The number of carbonyl (C=O) groups excluding carboxylic acids is 1. The van der Waals surface area contributed by atoms with Crippen LogP contribution in [0.15, 0.2) is 24.3 Å². The standard InChI is InChI=1S/C16H23NO4/c1-19-12-16(18)17-9-3-4-13(10-17)11-21-15-7-5-14(20-2)6-8-15/h5-8,13H,3-4,9-12H2,1-2H3/t13-/m1/s1. The van der Waals surface area contributed by atoms with Gasteiger partial charge in [0.15, 0.2) is 0 Å². The molecular weight excluding hydrogens is 270 g/mol. The summed E-state index contributed by atoms with van der Waals surface area (Å²) in [7, 11) is 3.19. The molecule has 0 aromatic heterocycles. The lowest BCUT2D eigenvalue weighted by Crippen LogP contribution is -2.43. The lowest BCUT2D eigenvalue weighted by atomic mass is 9.99. The smallest absolute Gasteiger partial charge is 0.248 e. The largest absolute Gasteiger partial charge is 0.497 e. The monoisotopic (exact) mass is 293 g/mol. The first-order valence-corrected chi connectivity index (χ1v) is 7.26. The second-order valence-electron chi connectivity index (χ2n) is 5.27.